The van der Waals surface area contributed by atoms with Crippen LogP contribution in [0.4, 0.5) is 0 Å². The van der Waals surface area contributed by atoms with Gasteiger partial charge in [0.1, 0.15) is 0 Å². The van der Waals surface area contributed by atoms with Gasteiger partial charge in [-0.25, -0.2) is 0 Å². The average Bonchev–Trinajstić information content (AvgIpc) is 3.95. The van der Waals surface area contributed by atoms with Crippen LogP contribution in [-0.4, -0.2) is 0 Å². The number of benzene rings is 10. The SMILES string of the molecule is C1=C(C2=c3cccc4c3=C(CC2)c2c-4c(-c3ccccc3)c3ccccc3c2-c2ccccc2)CCC(C2=c3cccc4c3=C(CC2)c2c-4c(-c3ccccc3)c3ccccc3c2-c2ccccc2)=C1. The fourth-order valence-corrected chi connectivity index (χ4v) is 13.6. The van der Waals surface area contributed by atoms with E-state index in [1.807, 2.05) is 0 Å². The van der Waals surface area contributed by atoms with Crippen LogP contribution in [0.5, 0.6) is 0 Å². The van der Waals surface area contributed by atoms with Crippen molar-refractivity contribution in [3.05, 3.63) is 262 Å². The van der Waals surface area contributed by atoms with Crippen molar-refractivity contribution in [3.63, 3.8) is 0 Å². The summed E-state index contributed by atoms with van der Waals surface area (Å²) in [6.07, 6.45) is 11.3. The number of fused-ring (bicyclic) bond motifs is 8. The van der Waals surface area contributed by atoms with Crippen molar-refractivity contribution in [2.75, 3.05) is 0 Å². The molecule has 328 valence electrons. The van der Waals surface area contributed by atoms with E-state index in [-0.39, 0.29) is 0 Å². The van der Waals surface area contributed by atoms with Gasteiger partial charge in [-0.15, -0.1) is 0 Å². The van der Waals surface area contributed by atoms with Crippen LogP contribution in [0.3, 0.4) is 0 Å². The monoisotopic (exact) mass is 888 g/mol. The van der Waals surface area contributed by atoms with E-state index >= 15 is 0 Å². The summed E-state index contributed by atoms with van der Waals surface area (Å²) in [5, 5.41) is 11.1. The van der Waals surface area contributed by atoms with Crippen molar-refractivity contribution < 1.29 is 0 Å². The maximum absolute atomic E-state index is 2.51. The van der Waals surface area contributed by atoms with Gasteiger partial charge < -0.3 is 0 Å². The Hall–Kier alpha value is -8.32. The number of allylic oxidation sites excluding steroid dienone is 4. The molecule has 0 saturated heterocycles. The highest BCUT2D eigenvalue weighted by atomic mass is 14.4. The van der Waals surface area contributed by atoms with E-state index in [9.17, 15) is 0 Å². The van der Waals surface area contributed by atoms with Crippen LogP contribution in [-0.2, 0) is 0 Å². The topological polar surface area (TPSA) is 0 Å². The minimum Gasteiger partial charge on any atom is -0.0622 e. The molecular weight excluding hydrogens is 841 g/mol. The highest BCUT2D eigenvalue weighted by molar-refractivity contribution is 6.19. The Labute approximate surface area is 408 Å². The highest BCUT2D eigenvalue weighted by Crippen LogP contribution is 2.54. The lowest BCUT2D eigenvalue weighted by atomic mass is 9.79. The fraction of sp³-hybridized carbons (Fsp3) is 0.0857. The zero-order valence-corrected chi connectivity index (χ0v) is 39.0. The first kappa shape index (κ1) is 39.7. The molecule has 0 bridgehead atoms. The van der Waals surface area contributed by atoms with Crippen molar-refractivity contribution in [1.29, 1.82) is 0 Å². The van der Waals surface area contributed by atoms with Crippen LogP contribution in [0.25, 0.3) is 111 Å². The Morgan fingerprint density at radius 2 is 0.514 bits per heavy atom. The van der Waals surface area contributed by atoms with Gasteiger partial charge in [-0.2, -0.15) is 0 Å². The molecule has 5 aliphatic carbocycles. The van der Waals surface area contributed by atoms with Gasteiger partial charge in [0, 0.05) is 0 Å². The van der Waals surface area contributed by atoms with Gasteiger partial charge in [0.25, 0.3) is 0 Å². The zero-order chi connectivity index (χ0) is 45.9. The molecule has 0 heteroatoms. The molecule has 0 amide bonds. The summed E-state index contributed by atoms with van der Waals surface area (Å²) < 4.78 is 0. The molecule has 0 atom stereocenters. The maximum atomic E-state index is 2.51. The standard InChI is InChI=1S/C70H48/c1-5-19-45(20-6-1)61-53-27-13-15-29-55(53)63(47-23-9-3-10-24-47)69-59-41-39-49(51-31-17-33-57(65(51)59)67(61)69)43-35-37-44(38-36-43)50-40-42-60-66-52(50)32-18-34-58(66)68-62(46-21-7-2-8-22-46)54-28-14-16-30-56(54)64(70(60)68)48-25-11-4-12-26-48/h1-35,37H,36,38-42H2. The molecule has 70 heavy (non-hydrogen) atoms. The minimum atomic E-state index is 1.03. The first-order valence-electron chi connectivity index (χ1n) is 25.3. The van der Waals surface area contributed by atoms with E-state index in [1.165, 1.54) is 154 Å². The predicted octanol–water partition coefficient (Wildman–Crippen LogP) is 15.3. The van der Waals surface area contributed by atoms with Crippen molar-refractivity contribution >= 4 is 43.8 Å². The maximum Gasteiger partial charge on any atom is -0.00108 e. The van der Waals surface area contributed by atoms with Crippen LogP contribution >= 0.6 is 0 Å². The van der Waals surface area contributed by atoms with E-state index in [2.05, 4.69) is 218 Å². The highest BCUT2D eigenvalue weighted by Gasteiger charge is 2.35. The number of hydrogen-bond acceptors (Lipinski definition) is 0. The van der Waals surface area contributed by atoms with Crippen molar-refractivity contribution in [3.8, 4) is 66.8 Å². The molecule has 10 aromatic carbocycles. The normalized spacial score (nSPS) is 15.1. The van der Waals surface area contributed by atoms with E-state index in [1.54, 1.807) is 0 Å². The summed E-state index contributed by atoms with van der Waals surface area (Å²) in [5.41, 5.74) is 28.2. The molecule has 0 aromatic heterocycles. The molecular formula is C70H48. The first-order valence-corrected chi connectivity index (χ1v) is 25.3. The molecule has 0 saturated carbocycles. The summed E-state index contributed by atoms with van der Waals surface area (Å²) in [5.74, 6) is 0. The van der Waals surface area contributed by atoms with Gasteiger partial charge in [-0.1, -0.05) is 218 Å². The van der Waals surface area contributed by atoms with Gasteiger partial charge in [0.15, 0.2) is 0 Å². The van der Waals surface area contributed by atoms with Crippen LogP contribution in [0, 0.1) is 0 Å². The molecule has 15 rings (SSSR count). The first-order chi connectivity index (χ1) is 34.8. The van der Waals surface area contributed by atoms with E-state index in [0.717, 1.165) is 38.5 Å². The largest absolute Gasteiger partial charge is 0.0622 e. The number of rotatable bonds is 6. The summed E-state index contributed by atoms with van der Waals surface area (Å²) in [6, 6.07) is 77.2. The Bertz CT molecular complexity index is 3950. The van der Waals surface area contributed by atoms with Gasteiger partial charge in [-0.05, 0) is 192 Å². The van der Waals surface area contributed by atoms with Gasteiger partial charge in [-0.3, -0.25) is 0 Å². The lowest BCUT2D eigenvalue weighted by Crippen LogP contribution is -2.33. The van der Waals surface area contributed by atoms with Crippen molar-refractivity contribution in [2.24, 2.45) is 0 Å². The Kier molecular flexibility index (Phi) is 8.84. The molecule has 0 spiro atoms. The number of hydrogen-bond donors (Lipinski definition) is 0. The summed E-state index contributed by atoms with van der Waals surface area (Å²) in [7, 11) is 0. The second kappa shape index (κ2) is 15.6. The third-order valence-electron chi connectivity index (χ3n) is 16.4. The predicted molar refractivity (Wildman–Crippen MR) is 295 cm³/mol. The summed E-state index contributed by atoms with van der Waals surface area (Å²) >= 11 is 0. The average molecular weight is 889 g/mol. The smallest absolute Gasteiger partial charge is 0.00108 e. The van der Waals surface area contributed by atoms with Crippen LogP contribution in [0.15, 0.2) is 230 Å². The van der Waals surface area contributed by atoms with E-state index in [0.29, 0.717) is 0 Å². The Balaban J connectivity index is 0.922. The molecule has 0 unspecified atom stereocenters. The molecule has 0 aliphatic heterocycles. The van der Waals surface area contributed by atoms with Crippen LogP contribution < -0.4 is 20.9 Å². The molecule has 0 N–H and O–H groups in total. The van der Waals surface area contributed by atoms with E-state index < -0.39 is 0 Å². The second-order valence-electron chi connectivity index (χ2n) is 19.8. The van der Waals surface area contributed by atoms with Gasteiger partial charge in [0.05, 0.1) is 0 Å². The fourth-order valence-electron chi connectivity index (χ4n) is 13.6. The van der Waals surface area contributed by atoms with Gasteiger partial charge >= 0.3 is 0 Å². The van der Waals surface area contributed by atoms with Crippen molar-refractivity contribution in [1.82, 2.24) is 0 Å². The third kappa shape index (κ3) is 5.71. The van der Waals surface area contributed by atoms with E-state index in [4.69, 9.17) is 0 Å². The van der Waals surface area contributed by atoms with Crippen LogP contribution in [0.2, 0.25) is 0 Å². The lowest BCUT2D eigenvalue weighted by molar-refractivity contribution is 0.911. The molecule has 0 radical (unpaired) electrons. The molecule has 0 fully saturated rings. The lowest BCUT2D eigenvalue weighted by Gasteiger charge is -2.24. The molecule has 0 nitrogen and oxygen atoms in total. The second-order valence-corrected chi connectivity index (χ2v) is 19.8. The van der Waals surface area contributed by atoms with Gasteiger partial charge in [0.2, 0.25) is 0 Å². The molecule has 0 heterocycles. The molecule has 10 aromatic rings. The Morgan fingerprint density at radius 3 is 0.843 bits per heavy atom. The Morgan fingerprint density at radius 1 is 0.214 bits per heavy atom. The zero-order valence-electron chi connectivity index (χ0n) is 39.0. The third-order valence-corrected chi connectivity index (χ3v) is 16.4. The van der Waals surface area contributed by atoms with Crippen LogP contribution in [0.1, 0.15) is 49.7 Å². The minimum absolute atomic E-state index is 1.03. The summed E-state index contributed by atoms with van der Waals surface area (Å²) in [6.45, 7) is 0. The van der Waals surface area contributed by atoms with Crippen molar-refractivity contribution in [2.45, 2.75) is 38.5 Å². The molecule has 5 aliphatic rings. The quantitative estimate of drug-likeness (QED) is 0.156. The summed E-state index contributed by atoms with van der Waals surface area (Å²) in [4.78, 5) is 0.